The second-order valence-electron chi connectivity index (χ2n) is 4.27. The zero-order valence-corrected chi connectivity index (χ0v) is 11.4. The predicted octanol–water partition coefficient (Wildman–Crippen LogP) is 0.899. The average Bonchev–Trinajstić information content (AvgIpc) is 2.35. The van der Waals surface area contributed by atoms with E-state index in [9.17, 15) is 0 Å². The van der Waals surface area contributed by atoms with E-state index >= 15 is 0 Å². The highest BCUT2D eigenvalue weighted by Gasteiger charge is 1.98. The van der Waals surface area contributed by atoms with E-state index in [0.717, 1.165) is 38.5 Å². The Bertz CT molecular complexity index is 332. The molecular formula is C12H23N5O. The molecule has 6 nitrogen and oxygen atoms in total. The molecule has 6 heteroatoms. The zero-order valence-electron chi connectivity index (χ0n) is 11.4. The topological polar surface area (TPSA) is 62.3 Å². The number of hydrogen-bond donors (Lipinski definition) is 2. The summed E-state index contributed by atoms with van der Waals surface area (Å²) in [5, 5.41) is 6.43. The number of nitrogens with one attached hydrogen (secondary N) is 2. The average molecular weight is 253 g/mol. The summed E-state index contributed by atoms with van der Waals surface area (Å²) in [5.41, 5.74) is 0. The molecule has 102 valence electrons. The van der Waals surface area contributed by atoms with Gasteiger partial charge in [0.2, 0.25) is 5.95 Å². The van der Waals surface area contributed by atoms with Crippen LogP contribution < -0.4 is 10.6 Å². The van der Waals surface area contributed by atoms with E-state index in [4.69, 9.17) is 4.74 Å². The number of rotatable bonds is 9. The number of likely N-dealkylation sites (N-methyl/N-ethyl adjacent to an activating group) is 1. The normalized spacial score (nSPS) is 10.7. The van der Waals surface area contributed by atoms with Crippen molar-refractivity contribution in [2.45, 2.75) is 6.42 Å². The number of hydrogen-bond acceptors (Lipinski definition) is 6. The maximum absolute atomic E-state index is 4.98. The first-order valence-electron chi connectivity index (χ1n) is 6.17. The largest absolute Gasteiger partial charge is 0.385 e. The Morgan fingerprint density at radius 2 is 2.11 bits per heavy atom. The molecule has 1 aromatic heterocycles. The Labute approximate surface area is 109 Å². The molecule has 2 N–H and O–H groups in total. The van der Waals surface area contributed by atoms with E-state index < -0.39 is 0 Å². The second-order valence-corrected chi connectivity index (χ2v) is 4.27. The minimum Gasteiger partial charge on any atom is -0.385 e. The van der Waals surface area contributed by atoms with Crippen LogP contribution in [0.5, 0.6) is 0 Å². The molecule has 1 heterocycles. The lowest BCUT2D eigenvalue weighted by molar-refractivity contribution is 0.197. The molecule has 0 amide bonds. The van der Waals surface area contributed by atoms with Gasteiger partial charge >= 0.3 is 0 Å². The van der Waals surface area contributed by atoms with Crippen molar-refractivity contribution in [2.75, 3.05) is 58.1 Å². The van der Waals surface area contributed by atoms with Gasteiger partial charge in [-0.25, -0.2) is 4.98 Å². The highest BCUT2D eigenvalue weighted by molar-refractivity contribution is 5.39. The van der Waals surface area contributed by atoms with Gasteiger partial charge in [0.15, 0.2) is 0 Å². The minimum absolute atomic E-state index is 0.654. The van der Waals surface area contributed by atoms with E-state index in [1.807, 2.05) is 20.2 Å². The fourth-order valence-corrected chi connectivity index (χ4v) is 1.37. The number of anilines is 2. The molecule has 0 aliphatic heterocycles. The highest BCUT2D eigenvalue weighted by atomic mass is 16.5. The molecule has 0 spiro atoms. The Kier molecular flexibility index (Phi) is 7.05. The van der Waals surface area contributed by atoms with Crippen LogP contribution in [0.2, 0.25) is 0 Å². The van der Waals surface area contributed by atoms with E-state index in [1.54, 1.807) is 13.3 Å². The van der Waals surface area contributed by atoms with Gasteiger partial charge in [0.05, 0.1) is 0 Å². The molecule has 0 atom stereocenters. The van der Waals surface area contributed by atoms with Crippen LogP contribution in [0.4, 0.5) is 11.8 Å². The first-order chi connectivity index (χ1) is 8.72. The zero-order chi connectivity index (χ0) is 13.2. The summed E-state index contributed by atoms with van der Waals surface area (Å²) in [5.74, 6) is 1.50. The lowest BCUT2D eigenvalue weighted by Crippen LogP contribution is -2.21. The van der Waals surface area contributed by atoms with Crippen molar-refractivity contribution in [2.24, 2.45) is 0 Å². The standard InChI is InChI=1S/C12H23N5O/c1-17(2)9-8-13-11-5-7-15-12(16-11)14-6-4-10-18-3/h5,7H,4,6,8-10H2,1-3H3,(H2,13,14,15,16). The van der Waals surface area contributed by atoms with Crippen LogP contribution in [-0.4, -0.2) is 62.3 Å². The van der Waals surface area contributed by atoms with Crippen molar-refractivity contribution in [3.8, 4) is 0 Å². The van der Waals surface area contributed by atoms with Gasteiger partial charge < -0.3 is 20.3 Å². The molecule has 0 aromatic carbocycles. The molecule has 18 heavy (non-hydrogen) atoms. The summed E-state index contributed by atoms with van der Waals surface area (Å²) >= 11 is 0. The lowest BCUT2D eigenvalue weighted by atomic mass is 10.4. The smallest absolute Gasteiger partial charge is 0.224 e. The third-order valence-corrected chi connectivity index (χ3v) is 2.33. The molecule has 0 aliphatic rings. The van der Waals surface area contributed by atoms with Gasteiger partial charge in [-0.1, -0.05) is 0 Å². The quantitative estimate of drug-likeness (QED) is 0.638. The second kappa shape index (κ2) is 8.66. The van der Waals surface area contributed by atoms with Gasteiger partial charge in [0.1, 0.15) is 5.82 Å². The molecule has 1 rings (SSSR count). The number of nitrogens with zero attached hydrogens (tertiary/aromatic N) is 3. The van der Waals surface area contributed by atoms with Gasteiger partial charge in [0.25, 0.3) is 0 Å². The van der Waals surface area contributed by atoms with Crippen molar-refractivity contribution in [3.05, 3.63) is 12.3 Å². The maximum atomic E-state index is 4.98. The fraction of sp³-hybridized carbons (Fsp3) is 0.667. The Morgan fingerprint density at radius 3 is 2.83 bits per heavy atom. The van der Waals surface area contributed by atoms with Gasteiger partial charge in [-0.3, -0.25) is 0 Å². The SMILES string of the molecule is COCCCNc1nccc(NCCN(C)C)n1. The molecule has 0 fully saturated rings. The summed E-state index contributed by atoms with van der Waals surface area (Å²) in [6, 6.07) is 1.87. The summed E-state index contributed by atoms with van der Waals surface area (Å²) < 4.78 is 4.98. The van der Waals surface area contributed by atoms with Crippen molar-refractivity contribution in [1.82, 2.24) is 14.9 Å². The van der Waals surface area contributed by atoms with E-state index in [0.29, 0.717) is 5.95 Å². The van der Waals surface area contributed by atoms with E-state index in [1.165, 1.54) is 0 Å². The Morgan fingerprint density at radius 1 is 1.28 bits per heavy atom. The summed E-state index contributed by atoms with van der Waals surface area (Å²) in [6.07, 6.45) is 2.70. The molecule has 0 saturated heterocycles. The van der Waals surface area contributed by atoms with Crippen LogP contribution in [0.1, 0.15) is 6.42 Å². The van der Waals surface area contributed by atoms with Crippen molar-refractivity contribution in [3.63, 3.8) is 0 Å². The number of aromatic nitrogens is 2. The first kappa shape index (κ1) is 14.7. The number of methoxy groups -OCH3 is 1. The van der Waals surface area contributed by atoms with Crippen molar-refractivity contribution in [1.29, 1.82) is 0 Å². The van der Waals surface area contributed by atoms with Gasteiger partial charge in [-0.05, 0) is 26.6 Å². The van der Waals surface area contributed by atoms with Gasteiger partial charge in [0, 0.05) is 39.5 Å². The first-order valence-corrected chi connectivity index (χ1v) is 6.17. The van der Waals surface area contributed by atoms with Crippen LogP contribution in [0.15, 0.2) is 12.3 Å². The third-order valence-electron chi connectivity index (χ3n) is 2.33. The Balaban J connectivity index is 2.32. The maximum Gasteiger partial charge on any atom is 0.224 e. The van der Waals surface area contributed by atoms with Crippen LogP contribution >= 0.6 is 0 Å². The molecular weight excluding hydrogens is 230 g/mol. The van der Waals surface area contributed by atoms with E-state index in [-0.39, 0.29) is 0 Å². The monoisotopic (exact) mass is 253 g/mol. The molecule has 0 unspecified atom stereocenters. The summed E-state index contributed by atoms with van der Waals surface area (Å²) in [6.45, 7) is 3.40. The number of ether oxygens (including phenoxy) is 1. The van der Waals surface area contributed by atoms with Crippen LogP contribution in [0.25, 0.3) is 0 Å². The summed E-state index contributed by atoms with van der Waals surface area (Å²) in [4.78, 5) is 10.7. The van der Waals surface area contributed by atoms with Crippen LogP contribution in [0.3, 0.4) is 0 Å². The molecule has 0 bridgehead atoms. The molecule has 0 saturated carbocycles. The predicted molar refractivity (Wildman–Crippen MR) is 74.1 cm³/mol. The highest BCUT2D eigenvalue weighted by Crippen LogP contribution is 2.05. The van der Waals surface area contributed by atoms with Gasteiger partial charge in [-0.2, -0.15) is 4.98 Å². The van der Waals surface area contributed by atoms with Crippen LogP contribution in [-0.2, 0) is 4.74 Å². The Hall–Kier alpha value is -1.40. The van der Waals surface area contributed by atoms with E-state index in [2.05, 4.69) is 25.5 Å². The fourth-order valence-electron chi connectivity index (χ4n) is 1.37. The van der Waals surface area contributed by atoms with Gasteiger partial charge in [-0.15, -0.1) is 0 Å². The van der Waals surface area contributed by atoms with Crippen LogP contribution in [0, 0.1) is 0 Å². The molecule has 0 aliphatic carbocycles. The lowest BCUT2D eigenvalue weighted by Gasteiger charge is -2.11. The molecule has 1 aromatic rings. The third kappa shape index (κ3) is 6.36. The summed E-state index contributed by atoms with van der Waals surface area (Å²) in [7, 11) is 5.79. The molecule has 0 radical (unpaired) electrons. The van der Waals surface area contributed by atoms with Crippen molar-refractivity contribution >= 4 is 11.8 Å². The minimum atomic E-state index is 0.654. The van der Waals surface area contributed by atoms with Crippen molar-refractivity contribution < 1.29 is 4.74 Å².